The second kappa shape index (κ2) is 8.20. The van der Waals surface area contributed by atoms with Crippen LogP contribution in [0.1, 0.15) is 56.7 Å². The minimum Gasteiger partial charge on any atom is -0.476 e. The molecular formula is C19H29BrN4O4S. The Labute approximate surface area is 182 Å². The smallest absolute Gasteiger partial charge is 0.358 e. The number of nitrogens with one attached hydrogen (secondary N) is 1. The zero-order valence-electron chi connectivity index (χ0n) is 17.5. The molecule has 3 heterocycles. The maximum atomic E-state index is 12.7. The summed E-state index contributed by atoms with van der Waals surface area (Å²) in [6, 6.07) is -0.0126. The van der Waals surface area contributed by atoms with Crippen molar-refractivity contribution in [1.29, 1.82) is 0 Å². The van der Waals surface area contributed by atoms with Gasteiger partial charge in [-0.25, -0.2) is 23.7 Å². The topological polar surface area (TPSA) is 105 Å². The van der Waals surface area contributed by atoms with E-state index in [0.29, 0.717) is 35.8 Å². The van der Waals surface area contributed by atoms with Crippen molar-refractivity contribution >= 4 is 38.7 Å². The first kappa shape index (κ1) is 22.6. The summed E-state index contributed by atoms with van der Waals surface area (Å²) in [5.74, 6) is -0.686. The molecule has 2 N–H and O–H groups in total. The number of nitrogens with zero attached hydrogens (tertiary/aromatic N) is 3. The third kappa shape index (κ3) is 4.50. The molecule has 0 saturated carbocycles. The summed E-state index contributed by atoms with van der Waals surface area (Å²) in [5, 5.41) is 9.55. The Hall–Kier alpha value is -1.10. The van der Waals surface area contributed by atoms with Gasteiger partial charge >= 0.3 is 5.97 Å². The van der Waals surface area contributed by atoms with E-state index in [2.05, 4.69) is 30.6 Å². The van der Waals surface area contributed by atoms with Crippen LogP contribution in [-0.4, -0.2) is 61.8 Å². The molecule has 2 saturated heterocycles. The number of aryl methyl sites for hydroxylation is 1. The van der Waals surface area contributed by atoms with Crippen LogP contribution in [0.5, 0.6) is 0 Å². The summed E-state index contributed by atoms with van der Waals surface area (Å²) >= 11 is 3.27. The van der Waals surface area contributed by atoms with Gasteiger partial charge in [0, 0.05) is 18.5 Å². The van der Waals surface area contributed by atoms with Crippen molar-refractivity contribution < 1.29 is 18.8 Å². The van der Waals surface area contributed by atoms with Gasteiger partial charge in [0.2, 0.25) is 0 Å². The Morgan fingerprint density at radius 1 is 1.34 bits per heavy atom. The van der Waals surface area contributed by atoms with E-state index >= 15 is 0 Å². The third-order valence-corrected chi connectivity index (χ3v) is 8.14. The van der Waals surface area contributed by atoms with Gasteiger partial charge in [0.1, 0.15) is 4.60 Å². The Morgan fingerprint density at radius 2 is 1.97 bits per heavy atom. The van der Waals surface area contributed by atoms with Gasteiger partial charge in [-0.3, -0.25) is 0 Å². The van der Waals surface area contributed by atoms with Crippen LogP contribution < -0.4 is 9.62 Å². The number of hydrogen-bond acceptors (Lipinski definition) is 6. The van der Waals surface area contributed by atoms with Crippen molar-refractivity contribution in [2.24, 2.45) is 5.41 Å². The fraction of sp³-hybridized carbons (Fsp3) is 0.737. The van der Waals surface area contributed by atoms with E-state index in [1.54, 1.807) is 6.92 Å². The van der Waals surface area contributed by atoms with Gasteiger partial charge in [0.05, 0.1) is 40.2 Å². The van der Waals surface area contributed by atoms with Crippen molar-refractivity contribution in [3.8, 4) is 0 Å². The molecule has 2 aliphatic rings. The molecule has 0 aromatic carbocycles. The summed E-state index contributed by atoms with van der Waals surface area (Å²) in [6.07, 6.45) is 1.57. The second-order valence-electron chi connectivity index (χ2n) is 8.92. The minimum atomic E-state index is -1.18. The van der Waals surface area contributed by atoms with Crippen LogP contribution in [0, 0.1) is 12.3 Å². The van der Waals surface area contributed by atoms with E-state index in [0.717, 1.165) is 12.8 Å². The maximum absolute atomic E-state index is 12.7. The Bertz CT molecular complexity index is 821. The molecule has 3 rings (SSSR count). The normalized spacial score (nSPS) is 25.4. The maximum Gasteiger partial charge on any atom is 0.358 e. The van der Waals surface area contributed by atoms with Crippen LogP contribution in [0.3, 0.4) is 0 Å². The highest BCUT2D eigenvalue weighted by molar-refractivity contribution is 9.10. The number of aromatic nitrogens is 2. The molecule has 1 aromatic heterocycles. The van der Waals surface area contributed by atoms with Gasteiger partial charge in [-0.05, 0) is 63.4 Å². The lowest BCUT2D eigenvalue weighted by Crippen LogP contribution is -2.55. The van der Waals surface area contributed by atoms with Crippen molar-refractivity contribution in [2.75, 3.05) is 24.6 Å². The molecule has 2 aliphatic heterocycles. The molecule has 29 heavy (non-hydrogen) atoms. The number of anilines is 1. The fourth-order valence-electron chi connectivity index (χ4n) is 3.96. The zero-order chi connectivity index (χ0) is 21.6. The number of hydrogen-bond donors (Lipinski definition) is 2. The van der Waals surface area contributed by atoms with E-state index in [1.165, 1.54) is 0 Å². The van der Waals surface area contributed by atoms with Crippen LogP contribution in [0.15, 0.2) is 4.60 Å². The molecular weight excluding hydrogens is 460 g/mol. The van der Waals surface area contributed by atoms with Gasteiger partial charge in [0.25, 0.3) is 0 Å². The first-order valence-electron chi connectivity index (χ1n) is 9.77. The molecule has 162 valence electrons. The van der Waals surface area contributed by atoms with Crippen LogP contribution in [0.25, 0.3) is 0 Å². The van der Waals surface area contributed by atoms with Crippen molar-refractivity contribution in [3.63, 3.8) is 0 Å². The number of carboxylic acid groups (broad SMARTS) is 1. The molecule has 1 aromatic rings. The molecule has 0 bridgehead atoms. The monoisotopic (exact) mass is 488 g/mol. The number of carboxylic acids is 1. The van der Waals surface area contributed by atoms with Crippen LogP contribution in [-0.2, 0) is 15.7 Å². The van der Waals surface area contributed by atoms with Gasteiger partial charge < -0.3 is 14.7 Å². The molecule has 0 radical (unpaired) electrons. The standard InChI is InChI=1S/C19H29BrN4O4S/c1-11-15(20)22-13(17(25)26)16(21-11)24-8-6-19(7-9-24)10-28-12(2)14(19)23-29(27)18(3,4)5/h12,14,23H,6-10H2,1-5H3,(H,25,26)/t12-,14+,29+/m0/s1. The molecule has 2 fully saturated rings. The SMILES string of the molecule is Cc1nc(N2CCC3(CC2)CO[C@@H](C)[C@H]3N[S@](=O)C(C)(C)C)c(C(=O)O)nc1Br. The van der Waals surface area contributed by atoms with Crippen molar-refractivity contribution in [3.05, 3.63) is 16.0 Å². The second-order valence-corrected chi connectivity index (χ2v) is 11.7. The largest absolute Gasteiger partial charge is 0.476 e. The number of carbonyl (C=O) groups is 1. The van der Waals surface area contributed by atoms with E-state index in [9.17, 15) is 14.1 Å². The predicted molar refractivity (Wildman–Crippen MR) is 116 cm³/mol. The van der Waals surface area contributed by atoms with E-state index in [-0.39, 0.29) is 28.0 Å². The van der Waals surface area contributed by atoms with Crippen LogP contribution in [0.4, 0.5) is 5.82 Å². The average molecular weight is 489 g/mol. The summed E-state index contributed by atoms with van der Waals surface area (Å²) in [7, 11) is -1.18. The fourth-order valence-corrected chi connectivity index (χ4v) is 5.26. The molecule has 8 nitrogen and oxygen atoms in total. The van der Waals surface area contributed by atoms with E-state index < -0.39 is 17.0 Å². The minimum absolute atomic E-state index is 0.0126. The van der Waals surface area contributed by atoms with Crippen molar-refractivity contribution in [1.82, 2.24) is 14.7 Å². The van der Waals surface area contributed by atoms with Gasteiger partial charge in [-0.2, -0.15) is 0 Å². The van der Waals surface area contributed by atoms with Crippen LogP contribution >= 0.6 is 15.9 Å². The van der Waals surface area contributed by atoms with Gasteiger partial charge in [-0.1, -0.05) is 0 Å². The Kier molecular flexibility index (Phi) is 6.39. The summed E-state index contributed by atoms with van der Waals surface area (Å²) in [6.45, 7) is 11.6. The van der Waals surface area contributed by atoms with Gasteiger partial charge in [-0.15, -0.1) is 0 Å². The summed E-state index contributed by atoms with van der Waals surface area (Å²) < 4.78 is 22.1. The number of piperidine rings is 1. The molecule has 1 spiro atoms. The van der Waals surface area contributed by atoms with E-state index in [4.69, 9.17) is 4.74 Å². The van der Waals surface area contributed by atoms with Gasteiger partial charge in [0.15, 0.2) is 11.5 Å². The first-order valence-corrected chi connectivity index (χ1v) is 11.7. The lowest BCUT2D eigenvalue weighted by Gasteiger charge is -2.43. The molecule has 10 heteroatoms. The van der Waals surface area contributed by atoms with Crippen LogP contribution in [0.2, 0.25) is 0 Å². The Balaban J connectivity index is 1.80. The summed E-state index contributed by atoms with van der Waals surface area (Å²) in [5.41, 5.74) is 0.485. The number of aromatic carboxylic acids is 1. The highest BCUT2D eigenvalue weighted by Gasteiger charge is 2.50. The number of ether oxygens (including phenoxy) is 1. The Morgan fingerprint density at radius 3 is 2.52 bits per heavy atom. The zero-order valence-corrected chi connectivity index (χ0v) is 19.9. The molecule has 0 unspecified atom stereocenters. The third-order valence-electron chi connectivity index (χ3n) is 5.81. The molecule has 3 atom stereocenters. The molecule has 0 amide bonds. The number of rotatable bonds is 4. The molecule has 0 aliphatic carbocycles. The number of halogens is 1. The highest BCUT2D eigenvalue weighted by atomic mass is 79.9. The first-order chi connectivity index (χ1) is 13.4. The lowest BCUT2D eigenvalue weighted by atomic mass is 9.73. The lowest BCUT2D eigenvalue weighted by molar-refractivity contribution is 0.0689. The average Bonchev–Trinajstić information content (AvgIpc) is 2.93. The predicted octanol–water partition coefficient (Wildman–Crippen LogP) is 2.67. The highest BCUT2D eigenvalue weighted by Crippen LogP contribution is 2.43. The quantitative estimate of drug-likeness (QED) is 0.670. The van der Waals surface area contributed by atoms with Crippen molar-refractivity contribution in [2.45, 2.75) is 64.4 Å². The van der Waals surface area contributed by atoms with E-state index in [1.807, 2.05) is 32.6 Å². The summed E-state index contributed by atoms with van der Waals surface area (Å²) in [4.78, 5) is 22.3.